The molecule has 8 heteroatoms. The van der Waals surface area contributed by atoms with Crippen LogP contribution in [0.3, 0.4) is 0 Å². The van der Waals surface area contributed by atoms with Gasteiger partial charge in [0.25, 0.3) is 5.91 Å². The Kier molecular flexibility index (Phi) is 7.60. The monoisotopic (exact) mass is 486 g/mol. The van der Waals surface area contributed by atoms with Crippen molar-refractivity contribution in [3.63, 3.8) is 0 Å². The Morgan fingerprint density at radius 2 is 1.80 bits per heavy atom. The summed E-state index contributed by atoms with van der Waals surface area (Å²) in [4.78, 5) is 24.2. The summed E-state index contributed by atoms with van der Waals surface area (Å²) in [5.74, 6) is -0.609. The van der Waals surface area contributed by atoms with E-state index in [2.05, 4.69) is 10.6 Å². The van der Waals surface area contributed by atoms with Crippen molar-refractivity contribution >= 4 is 18.0 Å². The fraction of sp³-hybridized carbons (Fsp3) is 0.407. The van der Waals surface area contributed by atoms with Crippen LogP contribution in [0, 0.1) is 11.8 Å². The number of hydrogen-bond acceptors (Lipinski definition) is 4. The van der Waals surface area contributed by atoms with Crippen LogP contribution in [0.4, 0.5) is 13.2 Å². The van der Waals surface area contributed by atoms with Gasteiger partial charge in [0.2, 0.25) is 0 Å². The van der Waals surface area contributed by atoms with Gasteiger partial charge in [-0.05, 0) is 60.4 Å². The van der Waals surface area contributed by atoms with Gasteiger partial charge in [-0.15, -0.1) is 0 Å². The number of halogens is 3. The minimum Gasteiger partial charge on any atom is -0.427 e. The lowest BCUT2D eigenvalue weighted by Crippen LogP contribution is -2.55. The second kappa shape index (κ2) is 10.6. The fourth-order valence-electron chi connectivity index (χ4n) is 5.29. The molecule has 4 atom stereocenters. The van der Waals surface area contributed by atoms with Crippen molar-refractivity contribution in [3.05, 3.63) is 71.3 Å². The van der Waals surface area contributed by atoms with Crippen LogP contribution in [0.15, 0.2) is 60.2 Å². The number of carbonyl (C=O) groups is 2. The molecule has 1 saturated carbocycles. The Bertz CT molecular complexity index is 1080. The Morgan fingerprint density at radius 3 is 2.51 bits per heavy atom. The van der Waals surface area contributed by atoms with Gasteiger partial charge >= 0.3 is 12.1 Å². The molecule has 0 radical (unpaired) electrons. The molecule has 0 aromatic heterocycles. The molecular weight excluding hydrogens is 457 g/mol. The van der Waals surface area contributed by atoms with Crippen LogP contribution in [0.2, 0.25) is 0 Å². The quantitative estimate of drug-likeness (QED) is 0.331. The molecule has 0 bridgehead atoms. The van der Waals surface area contributed by atoms with E-state index in [4.69, 9.17) is 4.74 Å². The highest BCUT2D eigenvalue weighted by atomic mass is 19.4. The third-order valence-electron chi connectivity index (χ3n) is 6.76. The topological polar surface area (TPSA) is 67.4 Å². The second-order valence-corrected chi connectivity index (χ2v) is 9.25. The number of esters is 1. The van der Waals surface area contributed by atoms with E-state index >= 15 is 0 Å². The van der Waals surface area contributed by atoms with E-state index in [0.29, 0.717) is 17.7 Å². The van der Waals surface area contributed by atoms with Crippen LogP contribution in [-0.2, 0) is 9.59 Å². The standard InChI is InChI=1S/C27H29F3N2O3/c1-17(33)35-21-12-7-11-20(15-21)25-22-13-6-5-10-19(22)16-24(31-25)32-26(34)23(27(28,29)30)14-18-8-3-2-4-9-18/h2-4,7-9,11-12,14-15,19,22,24-25,31H,5-6,10,13,16H2,1H3,(H,32,34). The number of nitrogens with one attached hydrogen (secondary N) is 2. The van der Waals surface area contributed by atoms with Crippen LogP contribution in [0.5, 0.6) is 5.75 Å². The molecule has 1 saturated heterocycles. The lowest BCUT2D eigenvalue weighted by atomic mass is 9.69. The molecule has 4 unspecified atom stereocenters. The average molecular weight is 487 g/mol. The Hall–Kier alpha value is -3.13. The smallest absolute Gasteiger partial charge is 0.421 e. The molecule has 2 fully saturated rings. The van der Waals surface area contributed by atoms with Crippen LogP contribution in [-0.4, -0.2) is 24.2 Å². The number of ether oxygens (including phenoxy) is 1. The van der Waals surface area contributed by atoms with E-state index in [0.717, 1.165) is 37.3 Å². The van der Waals surface area contributed by atoms with Gasteiger partial charge in [0.1, 0.15) is 11.3 Å². The van der Waals surface area contributed by atoms with Gasteiger partial charge in [-0.3, -0.25) is 14.9 Å². The van der Waals surface area contributed by atoms with Crippen molar-refractivity contribution in [1.82, 2.24) is 10.6 Å². The second-order valence-electron chi connectivity index (χ2n) is 9.25. The number of piperidine rings is 1. The molecule has 1 aliphatic heterocycles. The first-order chi connectivity index (χ1) is 16.7. The van der Waals surface area contributed by atoms with Gasteiger partial charge in [0, 0.05) is 13.0 Å². The predicted octanol–water partition coefficient (Wildman–Crippen LogP) is 5.54. The minimum atomic E-state index is -4.79. The summed E-state index contributed by atoms with van der Waals surface area (Å²) in [5, 5.41) is 5.99. The molecule has 0 spiro atoms. The molecule has 2 N–H and O–H groups in total. The lowest BCUT2D eigenvalue weighted by Gasteiger charge is -2.46. The maximum Gasteiger partial charge on any atom is 0.421 e. The van der Waals surface area contributed by atoms with Crippen molar-refractivity contribution in [2.45, 2.75) is 57.4 Å². The van der Waals surface area contributed by atoms with Crippen molar-refractivity contribution < 1.29 is 27.5 Å². The van der Waals surface area contributed by atoms with E-state index in [9.17, 15) is 22.8 Å². The van der Waals surface area contributed by atoms with Gasteiger partial charge in [0.05, 0.1) is 6.17 Å². The molecule has 2 aromatic carbocycles. The summed E-state index contributed by atoms with van der Waals surface area (Å²) in [6, 6.07) is 15.0. The number of hydrogen-bond donors (Lipinski definition) is 2. The molecule has 186 valence electrons. The molecule has 2 aliphatic rings. The highest BCUT2D eigenvalue weighted by Crippen LogP contribution is 2.44. The zero-order valence-corrected chi connectivity index (χ0v) is 19.5. The van der Waals surface area contributed by atoms with Crippen molar-refractivity contribution in [2.24, 2.45) is 11.8 Å². The summed E-state index contributed by atoms with van der Waals surface area (Å²) in [5.41, 5.74) is -0.0424. The van der Waals surface area contributed by atoms with Gasteiger partial charge in [-0.1, -0.05) is 55.3 Å². The Morgan fingerprint density at radius 1 is 1.06 bits per heavy atom. The third-order valence-corrected chi connectivity index (χ3v) is 6.76. The van der Waals surface area contributed by atoms with E-state index in [1.165, 1.54) is 19.1 Å². The van der Waals surface area contributed by atoms with Crippen LogP contribution < -0.4 is 15.4 Å². The van der Waals surface area contributed by atoms with Crippen molar-refractivity contribution in [1.29, 1.82) is 0 Å². The zero-order chi connectivity index (χ0) is 25.0. The predicted molar refractivity (Wildman–Crippen MR) is 126 cm³/mol. The van der Waals surface area contributed by atoms with Gasteiger partial charge < -0.3 is 10.1 Å². The fourth-order valence-corrected chi connectivity index (χ4v) is 5.29. The molecule has 35 heavy (non-hydrogen) atoms. The van der Waals surface area contributed by atoms with Crippen molar-refractivity contribution in [3.8, 4) is 5.75 Å². The lowest BCUT2D eigenvalue weighted by molar-refractivity contribution is -0.133. The van der Waals surface area contributed by atoms with Gasteiger partial charge in [-0.25, -0.2) is 0 Å². The normalized spacial score (nSPS) is 24.9. The van der Waals surface area contributed by atoms with E-state index in [1.54, 1.807) is 36.4 Å². The Labute approximate surface area is 202 Å². The molecule has 4 rings (SSSR count). The summed E-state index contributed by atoms with van der Waals surface area (Å²) >= 11 is 0. The highest BCUT2D eigenvalue weighted by Gasteiger charge is 2.43. The first-order valence-electron chi connectivity index (χ1n) is 11.9. The molecule has 5 nitrogen and oxygen atoms in total. The molecule has 1 amide bonds. The van der Waals surface area contributed by atoms with Crippen LogP contribution >= 0.6 is 0 Å². The van der Waals surface area contributed by atoms with Crippen molar-refractivity contribution in [2.75, 3.05) is 0 Å². The number of fused-ring (bicyclic) bond motifs is 1. The highest BCUT2D eigenvalue weighted by molar-refractivity contribution is 5.99. The van der Waals surface area contributed by atoms with Gasteiger partial charge in [0.15, 0.2) is 0 Å². The van der Waals surface area contributed by atoms with Gasteiger partial charge in [-0.2, -0.15) is 13.2 Å². The number of amides is 1. The minimum absolute atomic E-state index is 0.178. The number of benzene rings is 2. The Balaban J connectivity index is 1.57. The van der Waals surface area contributed by atoms with Crippen LogP contribution in [0.1, 0.15) is 56.2 Å². The largest absolute Gasteiger partial charge is 0.427 e. The van der Waals surface area contributed by atoms with E-state index in [-0.39, 0.29) is 17.9 Å². The summed E-state index contributed by atoms with van der Waals surface area (Å²) < 4.78 is 46.6. The number of rotatable bonds is 5. The molecule has 1 heterocycles. The summed E-state index contributed by atoms with van der Waals surface area (Å²) in [6.45, 7) is 1.33. The maximum atomic E-state index is 13.8. The summed E-state index contributed by atoms with van der Waals surface area (Å²) in [7, 11) is 0. The molecule has 1 aliphatic carbocycles. The number of carbonyl (C=O) groups excluding carboxylic acids is 2. The first-order valence-corrected chi connectivity index (χ1v) is 11.9. The SMILES string of the molecule is CC(=O)Oc1cccc(C2NC(NC(=O)C(=Cc3ccccc3)C(F)(F)F)CC3CCCCC32)c1. The first kappa shape index (κ1) is 25.0. The maximum absolute atomic E-state index is 13.8. The van der Waals surface area contributed by atoms with E-state index in [1.807, 2.05) is 6.07 Å². The summed E-state index contributed by atoms with van der Waals surface area (Å²) in [6.07, 6.45) is 0.120. The third kappa shape index (κ3) is 6.31. The average Bonchev–Trinajstić information content (AvgIpc) is 2.81. The molecular formula is C27H29F3N2O3. The van der Waals surface area contributed by atoms with E-state index < -0.39 is 29.8 Å². The number of alkyl halides is 3. The molecule has 2 aromatic rings. The zero-order valence-electron chi connectivity index (χ0n) is 19.5. The van der Waals surface area contributed by atoms with Crippen LogP contribution in [0.25, 0.3) is 6.08 Å².